The number of aromatic nitrogens is 3. The number of furan rings is 1. The lowest BCUT2D eigenvalue weighted by molar-refractivity contribution is 0.121. The number of aryl methyl sites for hydroxylation is 2. The van der Waals surface area contributed by atoms with E-state index in [4.69, 9.17) is 18.9 Å². The van der Waals surface area contributed by atoms with E-state index < -0.39 is 0 Å². The first-order valence-corrected chi connectivity index (χ1v) is 11.5. The van der Waals surface area contributed by atoms with Crippen molar-refractivity contribution in [3.8, 4) is 11.3 Å². The molecule has 0 radical (unpaired) electrons. The highest BCUT2D eigenvalue weighted by Gasteiger charge is 2.20. The van der Waals surface area contributed by atoms with Crippen molar-refractivity contribution in [3.63, 3.8) is 0 Å². The van der Waals surface area contributed by atoms with Gasteiger partial charge >= 0.3 is 0 Å². The van der Waals surface area contributed by atoms with Gasteiger partial charge < -0.3 is 23.7 Å². The Kier molecular flexibility index (Phi) is 6.68. The van der Waals surface area contributed by atoms with E-state index in [0.29, 0.717) is 50.0 Å². The van der Waals surface area contributed by atoms with Crippen LogP contribution in [0.4, 0.5) is 17.8 Å². The summed E-state index contributed by atoms with van der Waals surface area (Å²) in [4.78, 5) is 18.1. The van der Waals surface area contributed by atoms with Crippen LogP contribution in [0.25, 0.3) is 11.3 Å². The van der Waals surface area contributed by atoms with Gasteiger partial charge in [0.05, 0.1) is 32.6 Å². The molecule has 4 heterocycles. The number of benzene rings is 1. The summed E-state index contributed by atoms with van der Waals surface area (Å²) in [7, 11) is 0. The van der Waals surface area contributed by atoms with Crippen molar-refractivity contribution in [3.05, 3.63) is 47.2 Å². The second kappa shape index (κ2) is 10.2. The van der Waals surface area contributed by atoms with Crippen LogP contribution in [-0.4, -0.2) is 73.8 Å². The first-order chi connectivity index (χ1) is 16.7. The van der Waals surface area contributed by atoms with E-state index in [1.54, 1.807) is 6.21 Å². The molecule has 10 heteroatoms. The Morgan fingerprint density at radius 3 is 2.15 bits per heavy atom. The lowest BCUT2D eigenvalue weighted by Gasteiger charge is -2.30. The predicted octanol–water partition coefficient (Wildman–Crippen LogP) is 2.87. The third-order valence-corrected chi connectivity index (χ3v) is 5.84. The Labute approximate surface area is 198 Å². The Balaban J connectivity index is 1.34. The predicted molar refractivity (Wildman–Crippen MR) is 131 cm³/mol. The first kappa shape index (κ1) is 22.3. The van der Waals surface area contributed by atoms with Crippen LogP contribution in [0.2, 0.25) is 0 Å². The minimum absolute atomic E-state index is 0.385. The van der Waals surface area contributed by atoms with Crippen LogP contribution in [0.3, 0.4) is 0 Å². The van der Waals surface area contributed by atoms with Crippen LogP contribution in [0.1, 0.15) is 16.9 Å². The number of ether oxygens (including phenoxy) is 2. The van der Waals surface area contributed by atoms with Gasteiger partial charge in [-0.25, -0.2) is 5.43 Å². The van der Waals surface area contributed by atoms with Crippen molar-refractivity contribution in [1.82, 2.24) is 15.0 Å². The molecule has 3 aromatic rings. The van der Waals surface area contributed by atoms with E-state index in [1.807, 2.05) is 12.1 Å². The van der Waals surface area contributed by atoms with Crippen molar-refractivity contribution in [2.75, 3.05) is 67.8 Å². The van der Waals surface area contributed by atoms with Crippen molar-refractivity contribution >= 4 is 24.1 Å². The minimum Gasteiger partial charge on any atom is -0.455 e. The zero-order valence-electron chi connectivity index (χ0n) is 19.5. The number of anilines is 3. The monoisotopic (exact) mass is 463 g/mol. The number of rotatable bonds is 6. The molecule has 0 aliphatic carbocycles. The molecule has 0 atom stereocenters. The first-order valence-electron chi connectivity index (χ1n) is 11.5. The lowest BCUT2D eigenvalue weighted by atomic mass is 10.0. The van der Waals surface area contributed by atoms with Gasteiger partial charge in [-0.05, 0) is 37.6 Å². The molecule has 10 nitrogen and oxygen atoms in total. The number of hydrogen-bond donors (Lipinski definition) is 1. The van der Waals surface area contributed by atoms with Crippen LogP contribution >= 0.6 is 0 Å². The minimum atomic E-state index is 0.385. The molecule has 1 N–H and O–H groups in total. The summed E-state index contributed by atoms with van der Waals surface area (Å²) in [6.07, 6.45) is 1.63. The normalized spacial score (nSPS) is 16.9. The Hall–Kier alpha value is -3.50. The highest BCUT2D eigenvalue weighted by molar-refractivity contribution is 5.78. The van der Waals surface area contributed by atoms with Gasteiger partial charge in [-0.15, -0.1) is 0 Å². The van der Waals surface area contributed by atoms with Gasteiger partial charge in [-0.3, -0.25) is 0 Å². The van der Waals surface area contributed by atoms with Crippen LogP contribution < -0.4 is 15.2 Å². The fourth-order valence-electron chi connectivity index (χ4n) is 3.94. The molecule has 2 aliphatic rings. The van der Waals surface area contributed by atoms with Crippen molar-refractivity contribution in [2.45, 2.75) is 13.8 Å². The van der Waals surface area contributed by atoms with E-state index in [9.17, 15) is 0 Å². The highest BCUT2D eigenvalue weighted by atomic mass is 16.5. The summed E-state index contributed by atoms with van der Waals surface area (Å²) in [5.74, 6) is 3.07. The summed E-state index contributed by atoms with van der Waals surface area (Å²) >= 11 is 0. The van der Waals surface area contributed by atoms with Crippen LogP contribution in [0.5, 0.6) is 0 Å². The number of hydrazone groups is 1. The molecule has 2 fully saturated rings. The molecule has 178 valence electrons. The number of hydrogen-bond acceptors (Lipinski definition) is 10. The molecule has 0 unspecified atom stereocenters. The largest absolute Gasteiger partial charge is 0.455 e. The van der Waals surface area contributed by atoms with Crippen LogP contribution in [0.15, 0.2) is 39.9 Å². The Bertz CT molecular complexity index is 1110. The molecule has 34 heavy (non-hydrogen) atoms. The molecule has 0 spiro atoms. The summed E-state index contributed by atoms with van der Waals surface area (Å²) < 4.78 is 16.9. The number of nitrogens with zero attached hydrogens (tertiary/aromatic N) is 6. The van der Waals surface area contributed by atoms with Crippen LogP contribution in [-0.2, 0) is 9.47 Å². The zero-order chi connectivity index (χ0) is 23.3. The van der Waals surface area contributed by atoms with E-state index in [0.717, 1.165) is 43.1 Å². The van der Waals surface area contributed by atoms with E-state index >= 15 is 0 Å². The van der Waals surface area contributed by atoms with E-state index in [1.165, 1.54) is 5.56 Å². The molecule has 1 aromatic carbocycles. The van der Waals surface area contributed by atoms with Crippen LogP contribution in [0, 0.1) is 13.8 Å². The van der Waals surface area contributed by atoms with Crippen molar-refractivity contribution < 1.29 is 13.9 Å². The third kappa shape index (κ3) is 5.18. The number of nitrogens with one attached hydrogen (secondary N) is 1. The van der Waals surface area contributed by atoms with Gasteiger partial charge in [-0.1, -0.05) is 17.7 Å². The summed E-state index contributed by atoms with van der Waals surface area (Å²) in [5, 5.41) is 4.32. The summed E-state index contributed by atoms with van der Waals surface area (Å²) in [5.41, 5.74) is 6.39. The fraction of sp³-hybridized carbons (Fsp3) is 0.417. The molecule has 2 saturated heterocycles. The molecular formula is C24H29N7O3. The summed E-state index contributed by atoms with van der Waals surface area (Å²) in [6.45, 7) is 9.72. The maximum Gasteiger partial charge on any atom is 0.250 e. The van der Waals surface area contributed by atoms with Gasteiger partial charge in [0.15, 0.2) is 0 Å². The van der Waals surface area contributed by atoms with E-state index in [2.05, 4.69) is 62.3 Å². The average molecular weight is 464 g/mol. The standard InChI is InChI=1S/C24H29N7O3/c1-17-3-4-18(2)20(15-17)21-6-5-19(34-21)16-25-29-22-26-23(30-7-11-32-12-8-30)28-24(27-22)31-9-13-33-14-10-31/h3-6,15-16H,7-14H2,1-2H3,(H,26,27,28,29)/b25-16+. The van der Waals surface area contributed by atoms with Crippen molar-refractivity contribution in [1.29, 1.82) is 0 Å². The number of morpholine rings is 2. The quantitative estimate of drug-likeness (QED) is 0.437. The Morgan fingerprint density at radius 1 is 0.853 bits per heavy atom. The van der Waals surface area contributed by atoms with Gasteiger partial charge in [0, 0.05) is 31.7 Å². The van der Waals surface area contributed by atoms with Crippen molar-refractivity contribution in [2.24, 2.45) is 5.10 Å². The van der Waals surface area contributed by atoms with E-state index in [-0.39, 0.29) is 0 Å². The molecule has 0 amide bonds. The van der Waals surface area contributed by atoms with Gasteiger partial charge in [0.25, 0.3) is 0 Å². The molecule has 2 aliphatic heterocycles. The van der Waals surface area contributed by atoms with Gasteiger partial charge in [-0.2, -0.15) is 20.1 Å². The molecular weight excluding hydrogens is 434 g/mol. The topological polar surface area (TPSA) is 101 Å². The maximum absolute atomic E-state index is 5.99. The highest BCUT2D eigenvalue weighted by Crippen LogP contribution is 2.26. The third-order valence-electron chi connectivity index (χ3n) is 5.84. The molecule has 0 bridgehead atoms. The van der Waals surface area contributed by atoms with Gasteiger partial charge in [0.2, 0.25) is 17.8 Å². The second-order valence-electron chi connectivity index (χ2n) is 8.35. The Morgan fingerprint density at radius 2 is 1.50 bits per heavy atom. The SMILES string of the molecule is Cc1ccc(C)c(-c2ccc(/C=N/Nc3nc(N4CCOCC4)nc(N4CCOCC4)n3)o2)c1. The smallest absolute Gasteiger partial charge is 0.250 e. The zero-order valence-corrected chi connectivity index (χ0v) is 19.5. The maximum atomic E-state index is 5.99. The molecule has 0 saturated carbocycles. The fourth-order valence-corrected chi connectivity index (χ4v) is 3.94. The average Bonchev–Trinajstić information content (AvgIpc) is 3.35. The molecule has 5 rings (SSSR count). The second-order valence-corrected chi connectivity index (χ2v) is 8.35. The molecule has 2 aromatic heterocycles. The van der Waals surface area contributed by atoms with Gasteiger partial charge in [0.1, 0.15) is 11.5 Å². The summed E-state index contributed by atoms with van der Waals surface area (Å²) in [6, 6.07) is 10.2. The lowest BCUT2D eigenvalue weighted by Crippen LogP contribution is -2.40.